The van der Waals surface area contributed by atoms with Gasteiger partial charge in [-0.1, -0.05) is 50.2 Å². The van der Waals surface area contributed by atoms with Crippen LogP contribution in [0.3, 0.4) is 0 Å². The molecule has 1 aliphatic rings. The molecule has 0 bridgehead atoms. The molecule has 0 saturated carbocycles. The summed E-state index contributed by atoms with van der Waals surface area (Å²) in [5, 5.41) is 2.96. The van der Waals surface area contributed by atoms with E-state index in [0.29, 0.717) is 25.1 Å². The minimum absolute atomic E-state index is 0.0473. The van der Waals surface area contributed by atoms with Gasteiger partial charge in [-0.2, -0.15) is 0 Å². The molecule has 0 aromatic heterocycles. The molecule has 126 valence electrons. The number of para-hydroxylation sites is 1. The van der Waals surface area contributed by atoms with Gasteiger partial charge in [0.1, 0.15) is 18.2 Å². The summed E-state index contributed by atoms with van der Waals surface area (Å²) in [6, 6.07) is 14.5. The van der Waals surface area contributed by atoms with Gasteiger partial charge in [-0.3, -0.25) is 4.79 Å². The maximum Gasteiger partial charge on any atom is 0.226 e. The van der Waals surface area contributed by atoms with Gasteiger partial charge in [-0.25, -0.2) is 4.39 Å². The van der Waals surface area contributed by atoms with Crippen molar-refractivity contribution >= 4 is 5.91 Å². The van der Waals surface area contributed by atoms with Crippen LogP contribution in [0.5, 0.6) is 5.75 Å². The fraction of sp³-hybridized carbons (Fsp3) is 0.350. The summed E-state index contributed by atoms with van der Waals surface area (Å²) in [7, 11) is 0. The Hall–Kier alpha value is -2.36. The van der Waals surface area contributed by atoms with Crippen molar-refractivity contribution in [3.05, 3.63) is 65.5 Å². The number of fused-ring (bicyclic) bond motifs is 1. The van der Waals surface area contributed by atoms with Crippen LogP contribution < -0.4 is 10.1 Å². The molecule has 0 spiro atoms. The Bertz CT molecular complexity index is 742. The number of hydrogen-bond acceptors (Lipinski definition) is 2. The standard InChI is InChI=1S/C20H22FNO2/c1-20(2,16-8-4-5-9-17(16)21)13-22-19(23)15-11-14-7-3-6-10-18(14)24-12-15/h3-10,15H,11-13H2,1-2H3,(H,22,23). The minimum Gasteiger partial charge on any atom is -0.492 e. The van der Waals surface area contributed by atoms with Crippen LogP contribution in [-0.2, 0) is 16.6 Å². The highest BCUT2D eigenvalue weighted by Gasteiger charge is 2.29. The third-order valence-electron chi connectivity index (χ3n) is 4.56. The van der Waals surface area contributed by atoms with E-state index in [4.69, 9.17) is 4.74 Å². The van der Waals surface area contributed by atoms with Crippen LogP contribution in [0.2, 0.25) is 0 Å². The molecule has 1 atom stereocenters. The lowest BCUT2D eigenvalue weighted by Crippen LogP contribution is -2.43. The van der Waals surface area contributed by atoms with Gasteiger partial charge in [0.2, 0.25) is 5.91 Å². The van der Waals surface area contributed by atoms with Crippen LogP contribution in [-0.4, -0.2) is 19.1 Å². The normalized spacial score (nSPS) is 16.9. The van der Waals surface area contributed by atoms with E-state index in [2.05, 4.69) is 5.32 Å². The Balaban J connectivity index is 1.63. The molecule has 0 radical (unpaired) electrons. The topological polar surface area (TPSA) is 38.3 Å². The lowest BCUT2D eigenvalue weighted by atomic mass is 9.84. The molecule has 3 rings (SSSR count). The van der Waals surface area contributed by atoms with E-state index in [1.54, 1.807) is 12.1 Å². The summed E-state index contributed by atoms with van der Waals surface area (Å²) < 4.78 is 19.7. The van der Waals surface area contributed by atoms with Crippen molar-refractivity contribution in [1.82, 2.24) is 5.32 Å². The second-order valence-electron chi connectivity index (χ2n) is 6.90. The van der Waals surface area contributed by atoms with Gasteiger partial charge in [-0.15, -0.1) is 0 Å². The monoisotopic (exact) mass is 327 g/mol. The highest BCUT2D eigenvalue weighted by molar-refractivity contribution is 5.79. The number of hydrogen-bond donors (Lipinski definition) is 1. The van der Waals surface area contributed by atoms with Gasteiger partial charge in [-0.05, 0) is 29.7 Å². The van der Waals surface area contributed by atoms with Crippen molar-refractivity contribution in [3.63, 3.8) is 0 Å². The molecule has 0 saturated heterocycles. The van der Waals surface area contributed by atoms with Crippen molar-refractivity contribution in [3.8, 4) is 5.75 Å². The van der Waals surface area contributed by atoms with Gasteiger partial charge in [0, 0.05) is 12.0 Å². The first-order valence-corrected chi connectivity index (χ1v) is 8.21. The third-order valence-corrected chi connectivity index (χ3v) is 4.56. The van der Waals surface area contributed by atoms with E-state index in [-0.39, 0.29) is 17.6 Å². The van der Waals surface area contributed by atoms with Gasteiger partial charge in [0.15, 0.2) is 0 Å². The van der Waals surface area contributed by atoms with Crippen LogP contribution in [0.15, 0.2) is 48.5 Å². The van der Waals surface area contributed by atoms with Crippen molar-refractivity contribution in [2.75, 3.05) is 13.2 Å². The fourth-order valence-electron chi connectivity index (χ4n) is 3.05. The van der Waals surface area contributed by atoms with Crippen LogP contribution in [0.4, 0.5) is 4.39 Å². The van der Waals surface area contributed by atoms with Crippen LogP contribution in [0.1, 0.15) is 25.0 Å². The fourth-order valence-corrected chi connectivity index (χ4v) is 3.05. The largest absolute Gasteiger partial charge is 0.492 e. The average molecular weight is 327 g/mol. The number of ether oxygens (including phenoxy) is 1. The van der Waals surface area contributed by atoms with Gasteiger partial charge in [0.05, 0.1) is 5.92 Å². The second-order valence-corrected chi connectivity index (χ2v) is 6.90. The van der Waals surface area contributed by atoms with E-state index in [1.165, 1.54) is 6.07 Å². The first-order valence-electron chi connectivity index (χ1n) is 8.21. The molecule has 1 N–H and O–H groups in total. The summed E-state index contributed by atoms with van der Waals surface area (Å²) in [4.78, 5) is 12.5. The van der Waals surface area contributed by atoms with Gasteiger partial charge < -0.3 is 10.1 Å². The number of rotatable bonds is 4. The molecule has 0 fully saturated rings. The third kappa shape index (κ3) is 3.42. The molecule has 4 heteroatoms. The summed E-state index contributed by atoms with van der Waals surface area (Å²) in [5.41, 5.74) is 1.18. The zero-order valence-electron chi connectivity index (χ0n) is 14.0. The molecular formula is C20H22FNO2. The van der Waals surface area contributed by atoms with Crippen molar-refractivity contribution in [2.24, 2.45) is 5.92 Å². The first kappa shape index (κ1) is 16.5. The number of halogens is 1. The van der Waals surface area contributed by atoms with Crippen molar-refractivity contribution < 1.29 is 13.9 Å². The van der Waals surface area contributed by atoms with E-state index in [0.717, 1.165) is 11.3 Å². The number of benzene rings is 2. The molecule has 1 unspecified atom stereocenters. The molecule has 3 nitrogen and oxygen atoms in total. The molecule has 0 aliphatic carbocycles. The predicted octanol–water partition coefficient (Wildman–Crippen LogP) is 3.47. The first-order chi connectivity index (χ1) is 11.5. The van der Waals surface area contributed by atoms with Crippen molar-refractivity contribution in [2.45, 2.75) is 25.7 Å². The summed E-state index contributed by atoms with van der Waals surface area (Å²) >= 11 is 0. The molecule has 1 heterocycles. The smallest absolute Gasteiger partial charge is 0.226 e. The lowest BCUT2D eigenvalue weighted by molar-refractivity contribution is -0.126. The lowest BCUT2D eigenvalue weighted by Gasteiger charge is -2.29. The summed E-state index contributed by atoms with van der Waals surface area (Å²) in [5.74, 6) is 0.352. The van der Waals surface area contributed by atoms with E-state index < -0.39 is 5.41 Å². The molecule has 1 amide bonds. The maximum atomic E-state index is 14.0. The number of carbonyl (C=O) groups is 1. The highest BCUT2D eigenvalue weighted by Crippen LogP contribution is 2.28. The molecule has 1 aliphatic heterocycles. The Kier molecular flexibility index (Phi) is 4.56. The van der Waals surface area contributed by atoms with Gasteiger partial charge >= 0.3 is 0 Å². The molecule has 2 aromatic carbocycles. The van der Waals surface area contributed by atoms with Crippen LogP contribution in [0, 0.1) is 11.7 Å². The van der Waals surface area contributed by atoms with E-state index >= 15 is 0 Å². The number of carbonyl (C=O) groups excluding carboxylic acids is 1. The highest BCUT2D eigenvalue weighted by atomic mass is 19.1. The molecule has 2 aromatic rings. The van der Waals surface area contributed by atoms with Gasteiger partial charge in [0.25, 0.3) is 0 Å². The minimum atomic E-state index is -0.478. The molecular weight excluding hydrogens is 305 g/mol. The summed E-state index contributed by atoms with van der Waals surface area (Å²) in [6.45, 7) is 4.62. The van der Waals surface area contributed by atoms with Crippen LogP contribution in [0.25, 0.3) is 0 Å². The van der Waals surface area contributed by atoms with Crippen molar-refractivity contribution in [1.29, 1.82) is 0 Å². The Morgan fingerprint density at radius 2 is 1.92 bits per heavy atom. The second kappa shape index (κ2) is 6.63. The number of nitrogens with one attached hydrogen (secondary N) is 1. The zero-order chi connectivity index (χ0) is 17.2. The average Bonchev–Trinajstić information content (AvgIpc) is 2.59. The number of amides is 1. The SMILES string of the molecule is CC(C)(CNC(=O)C1COc2ccccc2C1)c1ccccc1F. The molecule has 24 heavy (non-hydrogen) atoms. The van der Waals surface area contributed by atoms with Crippen LogP contribution >= 0.6 is 0 Å². The summed E-state index contributed by atoms with van der Waals surface area (Å²) in [6.07, 6.45) is 0.669. The maximum absolute atomic E-state index is 14.0. The Morgan fingerprint density at radius 1 is 1.21 bits per heavy atom. The quantitative estimate of drug-likeness (QED) is 0.934. The zero-order valence-corrected chi connectivity index (χ0v) is 14.0. The van der Waals surface area contributed by atoms with E-state index in [9.17, 15) is 9.18 Å². The predicted molar refractivity (Wildman–Crippen MR) is 91.6 cm³/mol. The Labute approximate surface area is 141 Å². The van der Waals surface area contributed by atoms with E-state index in [1.807, 2.05) is 44.2 Å². The Morgan fingerprint density at radius 3 is 2.71 bits per heavy atom.